The number of nitro benzene ring substituents is 1. The standard InChI is InChI=1S/C15H15N3O5S/c1-23-15(20)14-11(7-9-24-14)17-13(19)6-8-16-10-4-2-3-5-12(10)18(21)22/h2-5,7,9,16H,6,8H2,1H3,(H,17,19). The maximum Gasteiger partial charge on any atom is 0.350 e. The lowest BCUT2D eigenvalue weighted by molar-refractivity contribution is -0.384. The van der Waals surface area contributed by atoms with E-state index in [4.69, 9.17) is 0 Å². The van der Waals surface area contributed by atoms with Crippen LogP contribution in [0.25, 0.3) is 0 Å². The highest BCUT2D eigenvalue weighted by atomic mass is 32.1. The van der Waals surface area contributed by atoms with E-state index in [0.29, 0.717) is 16.3 Å². The van der Waals surface area contributed by atoms with Gasteiger partial charge in [0.15, 0.2) is 0 Å². The molecule has 0 saturated heterocycles. The van der Waals surface area contributed by atoms with Crippen LogP contribution in [0, 0.1) is 10.1 Å². The van der Waals surface area contributed by atoms with Crippen LogP contribution in [-0.2, 0) is 9.53 Å². The Hall–Kier alpha value is -2.94. The van der Waals surface area contributed by atoms with Gasteiger partial charge in [-0.2, -0.15) is 0 Å². The lowest BCUT2D eigenvalue weighted by Gasteiger charge is -2.08. The van der Waals surface area contributed by atoms with Crippen LogP contribution in [0.15, 0.2) is 35.7 Å². The largest absolute Gasteiger partial charge is 0.465 e. The number of benzene rings is 1. The molecule has 0 aliphatic carbocycles. The molecular formula is C15H15N3O5S. The summed E-state index contributed by atoms with van der Waals surface area (Å²) in [7, 11) is 1.27. The molecule has 9 heteroatoms. The van der Waals surface area contributed by atoms with Crippen LogP contribution in [0.3, 0.4) is 0 Å². The summed E-state index contributed by atoms with van der Waals surface area (Å²) in [5, 5.41) is 18.1. The molecule has 1 heterocycles. The molecule has 126 valence electrons. The van der Waals surface area contributed by atoms with Crippen molar-refractivity contribution in [2.45, 2.75) is 6.42 Å². The first-order valence-electron chi connectivity index (χ1n) is 6.96. The van der Waals surface area contributed by atoms with Crippen molar-refractivity contribution in [2.75, 3.05) is 24.3 Å². The molecule has 0 spiro atoms. The van der Waals surface area contributed by atoms with Gasteiger partial charge in [-0.3, -0.25) is 14.9 Å². The summed E-state index contributed by atoms with van der Waals surface area (Å²) in [6, 6.07) is 7.81. The minimum absolute atomic E-state index is 0.0521. The van der Waals surface area contributed by atoms with Gasteiger partial charge in [-0.05, 0) is 17.5 Å². The van der Waals surface area contributed by atoms with Gasteiger partial charge in [-0.25, -0.2) is 4.79 Å². The average Bonchev–Trinajstić information content (AvgIpc) is 3.02. The van der Waals surface area contributed by atoms with Crippen molar-refractivity contribution in [1.82, 2.24) is 0 Å². The molecule has 0 unspecified atom stereocenters. The van der Waals surface area contributed by atoms with Gasteiger partial charge in [0, 0.05) is 19.0 Å². The zero-order valence-corrected chi connectivity index (χ0v) is 13.6. The first kappa shape index (κ1) is 17.4. The van der Waals surface area contributed by atoms with Gasteiger partial charge in [0.2, 0.25) is 5.91 Å². The summed E-state index contributed by atoms with van der Waals surface area (Å²) >= 11 is 1.17. The molecular weight excluding hydrogens is 334 g/mol. The van der Waals surface area contributed by atoms with Crippen molar-refractivity contribution < 1.29 is 19.2 Å². The highest BCUT2D eigenvalue weighted by Crippen LogP contribution is 2.24. The van der Waals surface area contributed by atoms with Crippen LogP contribution >= 0.6 is 11.3 Å². The van der Waals surface area contributed by atoms with Gasteiger partial charge in [-0.1, -0.05) is 12.1 Å². The van der Waals surface area contributed by atoms with E-state index in [9.17, 15) is 19.7 Å². The molecule has 1 aromatic carbocycles. The number of hydrogen-bond donors (Lipinski definition) is 2. The molecule has 1 amide bonds. The molecule has 0 bridgehead atoms. The van der Waals surface area contributed by atoms with E-state index in [0.717, 1.165) is 0 Å². The van der Waals surface area contributed by atoms with Crippen molar-refractivity contribution in [3.63, 3.8) is 0 Å². The summed E-state index contributed by atoms with van der Waals surface area (Å²) in [5.74, 6) is -0.831. The number of nitrogens with one attached hydrogen (secondary N) is 2. The van der Waals surface area contributed by atoms with Gasteiger partial charge >= 0.3 is 5.97 Å². The van der Waals surface area contributed by atoms with Gasteiger partial charge in [0.05, 0.1) is 17.7 Å². The third-order valence-electron chi connectivity index (χ3n) is 3.08. The zero-order chi connectivity index (χ0) is 17.5. The molecule has 8 nitrogen and oxygen atoms in total. The van der Waals surface area contributed by atoms with Crippen molar-refractivity contribution in [2.24, 2.45) is 0 Å². The van der Waals surface area contributed by atoms with E-state index >= 15 is 0 Å². The Balaban J connectivity index is 1.90. The van der Waals surface area contributed by atoms with Crippen molar-refractivity contribution in [1.29, 1.82) is 0 Å². The maximum atomic E-state index is 12.0. The lowest BCUT2D eigenvalue weighted by atomic mass is 10.2. The van der Waals surface area contributed by atoms with Gasteiger partial charge < -0.3 is 15.4 Å². The number of carbonyl (C=O) groups is 2. The van der Waals surface area contributed by atoms with Crippen LogP contribution in [-0.4, -0.2) is 30.5 Å². The minimum Gasteiger partial charge on any atom is -0.465 e. The highest BCUT2D eigenvalue weighted by molar-refractivity contribution is 7.12. The first-order chi connectivity index (χ1) is 11.5. The molecule has 1 aromatic heterocycles. The second-order valence-electron chi connectivity index (χ2n) is 4.65. The van der Waals surface area contributed by atoms with E-state index in [-0.39, 0.29) is 24.6 Å². The fourth-order valence-corrected chi connectivity index (χ4v) is 2.73. The Labute approximate surface area is 141 Å². The summed E-state index contributed by atoms with van der Waals surface area (Å²) in [4.78, 5) is 34.2. The van der Waals surface area contributed by atoms with Crippen LogP contribution in [0.2, 0.25) is 0 Å². The van der Waals surface area contributed by atoms with E-state index in [1.54, 1.807) is 29.6 Å². The lowest BCUT2D eigenvalue weighted by Crippen LogP contribution is -2.17. The molecule has 0 saturated carbocycles. The molecule has 0 aliphatic heterocycles. The second kappa shape index (κ2) is 8.06. The number of hydrogen-bond acceptors (Lipinski definition) is 7. The highest BCUT2D eigenvalue weighted by Gasteiger charge is 2.16. The predicted molar refractivity (Wildman–Crippen MR) is 90.5 cm³/mol. The number of nitro groups is 1. The zero-order valence-electron chi connectivity index (χ0n) is 12.8. The average molecular weight is 349 g/mol. The number of esters is 1. The Morgan fingerprint density at radius 1 is 1.25 bits per heavy atom. The normalized spacial score (nSPS) is 10.0. The molecule has 0 atom stereocenters. The third kappa shape index (κ3) is 4.29. The number of nitrogens with zero attached hydrogens (tertiary/aromatic N) is 1. The third-order valence-corrected chi connectivity index (χ3v) is 3.97. The van der Waals surface area contributed by atoms with Crippen molar-refractivity contribution in [3.8, 4) is 0 Å². The first-order valence-corrected chi connectivity index (χ1v) is 7.84. The Kier molecular flexibility index (Phi) is 5.85. The van der Waals surface area contributed by atoms with E-state index in [2.05, 4.69) is 15.4 Å². The second-order valence-corrected chi connectivity index (χ2v) is 5.57. The van der Waals surface area contributed by atoms with E-state index in [1.807, 2.05) is 0 Å². The fourth-order valence-electron chi connectivity index (χ4n) is 1.96. The molecule has 2 rings (SSSR count). The SMILES string of the molecule is COC(=O)c1sccc1NC(=O)CCNc1ccccc1[N+](=O)[O-]. The van der Waals surface area contributed by atoms with Gasteiger partial charge in [-0.15, -0.1) is 11.3 Å². The Bertz CT molecular complexity index is 759. The van der Waals surface area contributed by atoms with Crippen LogP contribution < -0.4 is 10.6 Å². The van der Waals surface area contributed by atoms with Crippen LogP contribution in [0.1, 0.15) is 16.1 Å². The number of methoxy groups -OCH3 is 1. The summed E-state index contributed by atoms with van der Waals surface area (Å²) in [6.07, 6.45) is 0.0858. The minimum atomic E-state index is -0.515. The Morgan fingerprint density at radius 3 is 2.71 bits per heavy atom. The number of thiophene rings is 1. The smallest absolute Gasteiger partial charge is 0.350 e. The van der Waals surface area contributed by atoms with Crippen molar-refractivity contribution in [3.05, 3.63) is 50.7 Å². The molecule has 0 fully saturated rings. The molecule has 24 heavy (non-hydrogen) atoms. The molecule has 0 radical (unpaired) electrons. The topological polar surface area (TPSA) is 111 Å². The summed E-state index contributed by atoms with van der Waals surface area (Å²) in [6.45, 7) is 0.217. The number of anilines is 2. The number of carbonyl (C=O) groups excluding carboxylic acids is 2. The number of amides is 1. The van der Waals surface area contributed by atoms with E-state index in [1.165, 1.54) is 24.5 Å². The maximum absolute atomic E-state index is 12.0. The number of ether oxygens (including phenoxy) is 1. The molecule has 2 aromatic rings. The summed E-state index contributed by atoms with van der Waals surface area (Å²) < 4.78 is 4.64. The van der Waals surface area contributed by atoms with Crippen LogP contribution in [0.4, 0.5) is 17.1 Å². The van der Waals surface area contributed by atoms with Gasteiger partial charge in [0.25, 0.3) is 5.69 Å². The fraction of sp³-hybridized carbons (Fsp3) is 0.200. The Morgan fingerprint density at radius 2 is 2.00 bits per heavy atom. The summed E-state index contributed by atoms with van der Waals surface area (Å²) in [5.41, 5.74) is 0.687. The molecule has 2 N–H and O–H groups in total. The van der Waals surface area contributed by atoms with Crippen LogP contribution in [0.5, 0.6) is 0 Å². The van der Waals surface area contributed by atoms with Gasteiger partial charge in [0.1, 0.15) is 10.6 Å². The number of para-hydroxylation sites is 2. The quantitative estimate of drug-likeness (QED) is 0.452. The monoisotopic (exact) mass is 349 g/mol. The number of rotatable bonds is 7. The van der Waals surface area contributed by atoms with E-state index < -0.39 is 10.9 Å². The molecule has 0 aliphatic rings. The van der Waals surface area contributed by atoms with Crippen molar-refractivity contribution >= 4 is 40.3 Å². The predicted octanol–water partition coefficient (Wildman–Crippen LogP) is 2.88.